The van der Waals surface area contributed by atoms with E-state index in [4.69, 9.17) is 5.26 Å². The maximum absolute atomic E-state index is 13.2. The van der Waals surface area contributed by atoms with Crippen LogP contribution in [0.5, 0.6) is 0 Å². The second kappa shape index (κ2) is 7.23. The van der Waals surface area contributed by atoms with Gasteiger partial charge in [0, 0.05) is 11.4 Å². The van der Waals surface area contributed by atoms with E-state index >= 15 is 0 Å². The van der Waals surface area contributed by atoms with Crippen LogP contribution in [0.3, 0.4) is 0 Å². The quantitative estimate of drug-likeness (QED) is 0.754. The minimum atomic E-state index is -0.359. The molecule has 1 amide bonds. The second-order valence-electron chi connectivity index (χ2n) is 5.21. The molecule has 3 aromatic rings. The highest BCUT2D eigenvalue weighted by Gasteiger charge is 2.08. The van der Waals surface area contributed by atoms with E-state index in [1.807, 2.05) is 6.07 Å². The molecule has 1 heterocycles. The van der Waals surface area contributed by atoms with Gasteiger partial charge < -0.3 is 10.6 Å². The van der Waals surface area contributed by atoms with Crippen molar-refractivity contribution < 1.29 is 9.18 Å². The van der Waals surface area contributed by atoms with Crippen molar-refractivity contribution in [3.63, 3.8) is 0 Å². The normalized spacial score (nSPS) is 9.92. The summed E-state index contributed by atoms with van der Waals surface area (Å²) in [5.41, 5.74) is 2.57. The summed E-state index contributed by atoms with van der Waals surface area (Å²) in [6.45, 7) is 0. The third-order valence-corrected chi connectivity index (χ3v) is 3.38. The first-order chi connectivity index (χ1) is 12.1. The van der Waals surface area contributed by atoms with Crippen LogP contribution in [0.15, 0.2) is 66.9 Å². The number of nitrogens with zero attached hydrogens (tertiary/aromatic N) is 2. The first kappa shape index (κ1) is 16.1. The number of hydrogen-bond acceptors (Lipinski definition) is 4. The van der Waals surface area contributed by atoms with Crippen molar-refractivity contribution in [1.82, 2.24) is 4.98 Å². The molecular formula is C19H13FN4O. The number of amides is 1. The number of aromatic nitrogens is 1. The third-order valence-electron chi connectivity index (χ3n) is 3.38. The van der Waals surface area contributed by atoms with E-state index in [9.17, 15) is 9.18 Å². The Hall–Kier alpha value is -3.72. The van der Waals surface area contributed by atoms with Crippen molar-refractivity contribution >= 4 is 23.0 Å². The molecule has 0 atom stereocenters. The van der Waals surface area contributed by atoms with Crippen LogP contribution < -0.4 is 10.6 Å². The monoisotopic (exact) mass is 332 g/mol. The summed E-state index contributed by atoms with van der Waals surface area (Å²) in [6, 6.07) is 17.9. The van der Waals surface area contributed by atoms with Crippen LogP contribution in [0, 0.1) is 17.1 Å². The lowest BCUT2D eigenvalue weighted by atomic mass is 10.2. The van der Waals surface area contributed by atoms with Gasteiger partial charge in [-0.05, 0) is 54.6 Å². The molecular weight excluding hydrogens is 319 g/mol. The molecule has 0 bridgehead atoms. The highest BCUT2D eigenvalue weighted by molar-refractivity contribution is 6.03. The first-order valence-corrected chi connectivity index (χ1v) is 7.44. The summed E-state index contributed by atoms with van der Waals surface area (Å²) in [7, 11) is 0. The van der Waals surface area contributed by atoms with Gasteiger partial charge in [0.15, 0.2) is 0 Å². The number of halogens is 1. The largest absolute Gasteiger partial charge is 0.354 e. The van der Waals surface area contributed by atoms with Crippen molar-refractivity contribution in [2.24, 2.45) is 0 Å². The van der Waals surface area contributed by atoms with Gasteiger partial charge in [0.05, 0.1) is 23.5 Å². The Labute approximate surface area is 143 Å². The zero-order chi connectivity index (χ0) is 17.6. The molecule has 0 fully saturated rings. The van der Waals surface area contributed by atoms with Crippen LogP contribution in [0.4, 0.5) is 21.5 Å². The topological polar surface area (TPSA) is 77.8 Å². The smallest absolute Gasteiger partial charge is 0.274 e. The van der Waals surface area contributed by atoms with Gasteiger partial charge in [-0.15, -0.1) is 0 Å². The number of rotatable bonds is 4. The molecule has 2 aromatic carbocycles. The second-order valence-corrected chi connectivity index (χ2v) is 5.21. The number of hydrogen-bond donors (Lipinski definition) is 2. The van der Waals surface area contributed by atoms with E-state index in [1.165, 1.54) is 18.3 Å². The molecule has 0 radical (unpaired) electrons. The Kier molecular flexibility index (Phi) is 4.67. The molecule has 5 nitrogen and oxygen atoms in total. The van der Waals surface area contributed by atoms with Gasteiger partial charge in [-0.2, -0.15) is 5.26 Å². The summed E-state index contributed by atoms with van der Waals surface area (Å²) in [5.74, 6) is -0.696. The Bertz CT molecular complexity index is 931. The van der Waals surface area contributed by atoms with Crippen LogP contribution in [0.2, 0.25) is 0 Å². The molecule has 0 aliphatic carbocycles. The molecule has 0 saturated heterocycles. The summed E-state index contributed by atoms with van der Waals surface area (Å²) in [6.07, 6.45) is 1.50. The predicted octanol–water partition coefficient (Wildman–Crippen LogP) is 4.09. The number of carbonyl (C=O) groups is 1. The summed E-state index contributed by atoms with van der Waals surface area (Å²) >= 11 is 0. The SMILES string of the molecule is N#Cc1ccc(NC(=O)c2ccc(Nc3cccc(F)c3)cn2)cc1. The first-order valence-electron chi connectivity index (χ1n) is 7.44. The maximum atomic E-state index is 13.2. The van der Waals surface area contributed by atoms with Gasteiger partial charge in [0.25, 0.3) is 5.91 Å². The van der Waals surface area contributed by atoms with Gasteiger partial charge in [-0.25, -0.2) is 9.37 Å². The molecule has 0 spiro atoms. The summed E-state index contributed by atoms with van der Waals surface area (Å²) in [5, 5.41) is 14.5. The lowest BCUT2D eigenvalue weighted by molar-refractivity contribution is 0.102. The fourth-order valence-electron chi connectivity index (χ4n) is 2.16. The Balaban J connectivity index is 1.66. The number of nitriles is 1. The average molecular weight is 332 g/mol. The average Bonchev–Trinajstić information content (AvgIpc) is 2.63. The van der Waals surface area contributed by atoms with Crippen LogP contribution in [-0.2, 0) is 0 Å². The number of carbonyl (C=O) groups excluding carboxylic acids is 1. The molecule has 0 aliphatic heterocycles. The molecule has 6 heteroatoms. The van der Waals surface area contributed by atoms with Crippen LogP contribution in [-0.4, -0.2) is 10.9 Å². The zero-order valence-electron chi connectivity index (χ0n) is 13.0. The number of pyridine rings is 1. The van der Waals surface area contributed by atoms with E-state index in [2.05, 4.69) is 15.6 Å². The number of anilines is 3. The lowest BCUT2D eigenvalue weighted by Gasteiger charge is -2.08. The van der Waals surface area contributed by atoms with Gasteiger partial charge >= 0.3 is 0 Å². The van der Waals surface area contributed by atoms with Crippen molar-refractivity contribution in [1.29, 1.82) is 5.26 Å². The molecule has 0 unspecified atom stereocenters. The van der Waals surface area contributed by atoms with E-state index in [0.717, 1.165) is 0 Å². The minimum absolute atomic E-state index is 0.245. The molecule has 3 rings (SSSR count). The van der Waals surface area contributed by atoms with E-state index in [1.54, 1.807) is 48.5 Å². The molecule has 2 N–H and O–H groups in total. The third kappa shape index (κ3) is 4.18. The van der Waals surface area contributed by atoms with Gasteiger partial charge in [0.1, 0.15) is 11.5 Å². The van der Waals surface area contributed by atoms with Gasteiger partial charge in [-0.1, -0.05) is 6.07 Å². The lowest BCUT2D eigenvalue weighted by Crippen LogP contribution is -2.13. The number of benzene rings is 2. The molecule has 1 aromatic heterocycles. The predicted molar refractivity (Wildman–Crippen MR) is 93.0 cm³/mol. The molecule has 0 saturated carbocycles. The number of nitrogens with one attached hydrogen (secondary N) is 2. The van der Waals surface area contributed by atoms with E-state index < -0.39 is 0 Å². The van der Waals surface area contributed by atoms with Crippen LogP contribution >= 0.6 is 0 Å². The van der Waals surface area contributed by atoms with E-state index in [-0.39, 0.29) is 17.4 Å². The van der Waals surface area contributed by atoms with Crippen molar-refractivity contribution in [2.75, 3.05) is 10.6 Å². The Morgan fingerprint density at radius 1 is 1.00 bits per heavy atom. The van der Waals surface area contributed by atoms with Crippen LogP contribution in [0.1, 0.15) is 16.1 Å². The van der Waals surface area contributed by atoms with Crippen molar-refractivity contribution in [2.45, 2.75) is 0 Å². The fourth-order valence-corrected chi connectivity index (χ4v) is 2.16. The summed E-state index contributed by atoms with van der Waals surface area (Å²) in [4.78, 5) is 16.3. The standard InChI is InChI=1S/C19H13FN4O/c20-14-2-1-3-16(10-14)23-17-8-9-18(22-12-17)19(25)24-15-6-4-13(11-21)5-7-15/h1-10,12,23H,(H,24,25). The maximum Gasteiger partial charge on any atom is 0.274 e. The highest BCUT2D eigenvalue weighted by atomic mass is 19.1. The minimum Gasteiger partial charge on any atom is -0.354 e. The van der Waals surface area contributed by atoms with Crippen molar-refractivity contribution in [3.8, 4) is 6.07 Å². The van der Waals surface area contributed by atoms with Gasteiger partial charge in [0.2, 0.25) is 0 Å². The summed E-state index contributed by atoms with van der Waals surface area (Å²) < 4.78 is 13.2. The molecule has 0 aliphatic rings. The Morgan fingerprint density at radius 3 is 2.40 bits per heavy atom. The fraction of sp³-hybridized carbons (Fsp3) is 0. The molecule has 122 valence electrons. The highest BCUT2D eigenvalue weighted by Crippen LogP contribution is 2.17. The molecule has 25 heavy (non-hydrogen) atoms. The zero-order valence-corrected chi connectivity index (χ0v) is 13.0. The van der Waals surface area contributed by atoms with Crippen LogP contribution in [0.25, 0.3) is 0 Å². The Morgan fingerprint density at radius 2 is 1.76 bits per heavy atom. The van der Waals surface area contributed by atoms with Crippen molar-refractivity contribution in [3.05, 3.63) is 83.9 Å². The van der Waals surface area contributed by atoms with E-state index in [0.29, 0.717) is 22.6 Å². The van der Waals surface area contributed by atoms with Gasteiger partial charge in [-0.3, -0.25) is 4.79 Å².